The molecule has 18 heavy (non-hydrogen) atoms. The average Bonchev–Trinajstić information content (AvgIpc) is 2.66. The predicted molar refractivity (Wildman–Crippen MR) is 76.3 cm³/mol. The SMILES string of the molecule is CCOc1cccc(CCc2sc(N)nc2C)c1. The molecule has 0 aliphatic carbocycles. The van der Waals surface area contributed by atoms with Gasteiger partial charge in [-0.05, 0) is 44.4 Å². The summed E-state index contributed by atoms with van der Waals surface area (Å²) in [4.78, 5) is 5.51. The summed E-state index contributed by atoms with van der Waals surface area (Å²) in [7, 11) is 0. The Morgan fingerprint density at radius 2 is 2.17 bits per heavy atom. The molecule has 1 aromatic heterocycles. The number of nitrogens with two attached hydrogens (primary N) is 1. The zero-order chi connectivity index (χ0) is 13.0. The monoisotopic (exact) mass is 262 g/mol. The van der Waals surface area contributed by atoms with E-state index in [4.69, 9.17) is 10.5 Å². The molecule has 0 atom stereocenters. The Morgan fingerprint density at radius 3 is 2.83 bits per heavy atom. The molecular formula is C14H18N2OS. The van der Waals surface area contributed by atoms with Crippen molar-refractivity contribution in [2.75, 3.05) is 12.3 Å². The number of thiazole rings is 1. The number of anilines is 1. The second-order valence-corrected chi connectivity index (χ2v) is 5.26. The van der Waals surface area contributed by atoms with E-state index in [-0.39, 0.29) is 0 Å². The second kappa shape index (κ2) is 5.87. The first-order valence-corrected chi connectivity index (χ1v) is 6.94. The van der Waals surface area contributed by atoms with E-state index in [2.05, 4.69) is 17.1 Å². The van der Waals surface area contributed by atoms with Gasteiger partial charge in [0.2, 0.25) is 0 Å². The van der Waals surface area contributed by atoms with E-state index in [9.17, 15) is 0 Å². The number of benzene rings is 1. The molecule has 0 aliphatic heterocycles. The molecule has 3 nitrogen and oxygen atoms in total. The molecule has 0 amide bonds. The molecular weight excluding hydrogens is 244 g/mol. The van der Waals surface area contributed by atoms with Crippen molar-refractivity contribution in [3.8, 4) is 5.75 Å². The third-order valence-corrected chi connectivity index (χ3v) is 3.81. The average molecular weight is 262 g/mol. The van der Waals surface area contributed by atoms with Crippen LogP contribution in [0.4, 0.5) is 5.13 Å². The van der Waals surface area contributed by atoms with Crippen LogP contribution >= 0.6 is 11.3 Å². The largest absolute Gasteiger partial charge is 0.494 e. The van der Waals surface area contributed by atoms with Crippen LogP contribution < -0.4 is 10.5 Å². The van der Waals surface area contributed by atoms with E-state index in [1.54, 1.807) is 11.3 Å². The van der Waals surface area contributed by atoms with Crippen molar-refractivity contribution in [1.82, 2.24) is 4.98 Å². The first kappa shape index (κ1) is 12.9. The Hall–Kier alpha value is -1.55. The molecule has 2 aromatic rings. The highest BCUT2D eigenvalue weighted by Gasteiger charge is 2.05. The minimum atomic E-state index is 0.658. The normalized spacial score (nSPS) is 10.6. The highest BCUT2D eigenvalue weighted by Crippen LogP contribution is 2.22. The van der Waals surface area contributed by atoms with E-state index in [1.165, 1.54) is 10.4 Å². The van der Waals surface area contributed by atoms with Crippen molar-refractivity contribution < 1.29 is 4.74 Å². The maximum atomic E-state index is 5.70. The van der Waals surface area contributed by atoms with Crippen LogP contribution in [0.25, 0.3) is 0 Å². The number of aromatic nitrogens is 1. The molecule has 0 bridgehead atoms. The van der Waals surface area contributed by atoms with Gasteiger partial charge in [0.1, 0.15) is 5.75 Å². The lowest BCUT2D eigenvalue weighted by Crippen LogP contribution is -1.94. The molecule has 0 unspecified atom stereocenters. The van der Waals surface area contributed by atoms with Gasteiger partial charge < -0.3 is 10.5 Å². The van der Waals surface area contributed by atoms with Crippen molar-refractivity contribution >= 4 is 16.5 Å². The van der Waals surface area contributed by atoms with Gasteiger partial charge in [0.25, 0.3) is 0 Å². The van der Waals surface area contributed by atoms with Crippen LogP contribution in [0.2, 0.25) is 0 Å². The maximum Gasteiger partial charge on any atom is 0.180 e. The summed E-state index contributed by atoms with van der Waals surface area (Å²) in [6.45, 7) is 4.71. The van der Waals surface area contributed by atoms with Crippen molar-refractivity contribution in [2.45, 2.75) is 26.7 Å². The van der Waals surface area contributed by atoms with Crippen LogP contribution in [0, 0.1) is 6.92 Å². The fraction of sp³-hybridized carbons (Fsp3) is 0.357. The van der Waals surface area contributed by atoms with Gasteiger partial charge >= 0.3 is 0 Å². The fourth-order valence-corrected chi connectivity index (χ4v) is 2.73. The number of nitrogens with zero attached hydrogens (tertiary/aromatic N) is 1. The third-order valence-electron chi connectivity index (χ3n) is 2.76. The van der Waals surface area contributed by atoms with Gasteiger partial charge in [-0.25, -0.2) is 4.98 Å². The molecule has 96 valence electrons. The molecule has 1 aromatic carbocycles. The standard InChI is InChI=1S/C14H18N2OS/c1-3-17-12-6-4-5-11(9-12)7-8-13-10(2)16-14(15)18-13/h4-6,9H,3,7-8H2,1-2H3,(H2,15,16). The van der Waals surface area contributed by atoms with E-state index < -0.39 is 0 Å². The molecule has 0 saturated heterocycles. The van der Waals surface area contributed by atoms with Crippen molar-refractivity contribution in [3.63, 3.8) is 0 Å². The summed E-state index contributed by atoms with van der Waals surface area (Å²) in [5, 5.41) is 0.658. The number of hydrogen-bond acceptors (Lipinski definition) is 4. The van der Waals surface area contributed by atoms with Crippen LogP contribution in [0.3, 0.4) is 0 Å². The van der Waals surface area contributed by atoms with Gasteiger partial charge in [0, 0.05) is 4.88 Å². The smallest absolute Gasteiger partial charge is 0.180 e. The van der Waals surface area contributed by atoms with Crippen LogP contribution in [-0.2, 0) is 12.8 Å². The van der Waals surface area contributed by atoms with Gasteiger partial charge in [-0.2, -0.15) is 0 Å². The number of nitrogen functional groups attached to an aromatic ring is 1. The van der Waals surface area contributed by atoms with Crippen LogP contribution in [0.5, 0.6) is 5.75 Å². The number of ether oxygens (including phenoxy) is 1. The molecule has 0 aliphatic rings. The van der Waals surface area contributed by atoms with E-state index >= 15 is 0 Å². The highest BCUT2D eigenvalue weighted by atomic mass is 32.1. The number of rotatable bonds is 5. The molecule has 1 heterocycles. The van der Waals surface area contributed by atoms with Crippen molar-refractivity contribution in [1.29, 1.82) is 0 Å². The van der Waals surface area contributed by atoms with Crippen LogP contribution in [-0.4, -0.2) is 11.6 Å². The Kier molecular flexibility index (Phi) is 4.20. The summed E-state index contributed by atoms with van der Waals surface area (Å²) in [5.41, 5.74) is 8.04. The first-order valence-electron chi connectivity index (χ1n) is 6.12. The lowest BCUT2D eigenvalue weighted by molar-refractivity contribution is 0.340. The van der Waals surface area contributed by atoms with E-state index in [0.717, 1.165) is 24.3 Å². The molecule has 2 rings (SSSR count). The Labute approximate surface area is 112 Å². The third kappa shape index (κ3) is 3.23. The van der Waals surface area contributed by atoms with Crippen LogP contribution in [0.15, 0.2) is 24.3 Å². The maximum absolute atomic E-state index is 5.70. The van der Waals surface area contributed by atoms with E-state index in [0.29, 0.717) is 11.7 Å². The van der Waals surface area contributed by atoms with Gasteiger partial charge in [-0.15, -0.1) is 11.3 Å². The lowest BCUT2D eigenvalue weighted by Gasteiger charge is -2.05. The molecule has 0 radical (unpaired) electrons. The summed E-state index contributed by atoms with van der Waals surface area (Å²) >= 11 is 1.58. The van der Waals surface area contributed by atoms with Crippen LogP contribution in [0.1, 0.15) is 23.1 Å². The van der Waals surface area contributed by atoms with E-state index in [1.807, 2.05) is 26.0 Å². The molecule has 4 heteroatoms. The number of hydrogen-bond donors (Lipinski definition) is 1. The summed E-state index contributed by atoms with van der Waals surface area (Å²) in [6.07, 6.45) is 1.97. The Morgan fingerprint density at radius 1 is 1.33 bits per heavy atom. The van der Waals surface area contributed by atoms with Crippen molar-refractivity contribution in [3.05, 3.63) is 40.4 Å². The van der Waals surface area contributed by atoms with Crippen molar-refractivity contribution in [2.24, 2.45) is 0 Å². The minimum absolute atomic E-state index is 0.658. The lowest BCUT2D eigenvalue weighted by atomic mass is 10.1. The minimum Gasteiger partial charge on any atom is -0.494 e. The molecule has 0 spiro atoms. The van der Waals surface area contributed by atoms with Gasteiger partial charge in [-0.1, -0.05) is 12.1 Å². The quantitative estimate of drug-likeness (QED) is 0.900. The summed E-state index contributed by atoms with van der Waals surface area (Å²) < 4.78 is 5.50. The Balaban J connectivity index is 2.01. The Bertz CT molecular complexity index is 522. The predicted octanol–water partition coefficient (Wildman–Crippen LogP) is 3.22. The fourth-order valence-electron chi connectivity index (χ4n) is 1.90. The first-order chi connectivity index (χ1) is 8.69. The molecule has 0 fully saturated rings. The highest BCUT2D eigenvalue weighted by molar-refractivity contribution is 7.15. The molecule has 2 N–H and O–H groups in total. The van der Waals surface area contributed by atoms with Gasteiger partial charge in [-0.3, -0.25) is 0 Å². The zero-order valence-electron chi connectivity index (χ0n) is 10.8. The summed E-state index contributed by atoms with van der Waals surface area (Å²) in [5.74, 6) is 0.940. The van der Waals surface area contributed by atoms with Gasteiger partial charge in [0.05, 0.1) is 12.3 Å². The van der Waals surface area contributed by atoms with Gasteiger partial charge in [0.15, 0.2) is 5.13 Å². The topological polar surface area (TPSA) is 48.1 Å². The molecule has 0 saturated carbocycles. The zero-order valence-corrected chi connectivity index (χ0v) is 11.6. The summed E-state index contributed by atoms with van der Waals surface area (Å²) in [6, 6.07) is 8.25. The number of aryl methyl sites for hydroxylation is 3. The second-order valence-electron chi connectivity index (χ2n) is 4.14.